The van der Waals surface area contributed by atoms with Gasteiger partial charge in [0.25, 0.3) is 0 Å². The highest BCUT2D eigenvalue weighted by molar-refractivity contribution is 7.10. The van der Waals surface area contributed by atoms with Crippen molar-refractivity contribution in [3.63, 3.8) is 0 Å². The molecule has 2 aromatic heterocycles. The predicted octanol–water partition coefficient (Wildman–Crippen LogP) is 2.01. The Morgan fingerprint density at radius 1 is 1.64 bits per heavy atom. The minimum absolute atomic E-state index is 0.330. The molecule has 0 aliphatic rings. The standard InChI is InChI=1S/C10H13N3S/c1-8(10-3-2-4-14-10)13-7-12-6-9(13)5-11/h2-4,6-8H,5,11H2,1H3. The molecule has 1 atom stereocenters. The molecule has 0 saturated heterocycles. The number of hydrogen-bond acceptors (Lipinski definition) is 3. The van der Waals surface area contributed by atoms with E-state index in [0.29, 0.717) is 12.6 Å². The van der Waals surface area contributed by atoms with Gasteiger partial charge in [-0.2, -0.15) is 0 Å². The number of nitrogens with two attached hydrogens (primary N) is 1. The van der Waals surface area contributed by atoms with E-state index in [2.05, 4.69) is 34.0 Å². The van der Waals surface area contributed by atoms with Gasteiger partial charge in [-0.15, -0.1) is 11.3 Å². The van der Waals surface area contributed by atoms with Gasteiger partial charge in [-0.3, -0.25) is 0 Å². The van der Waals surface area contributed by atoms with Crippen molar-refractivity contribution < 1.29 is 0 Å². The summed E-state index contributed by atoms with van der Waals surface area (Å²) in [5, 5.41) is 2.09. The average molecular weight is 207 g/mol. The Morgan fingerprint density at radius 3 is 3.14 bits per heavy atom. The molecule has 14 heavy (non-hydrogen) atoms. The van der Waals surface area contributed by atoms with Gasteiger partial charge in [-0.1, -0.05) is 6.07 Å². The summed E-state index contributed by atoms with van der Waals surface area (Å²) >= 11 is 1.76. The van der Waals surface area contributed by atoms with Crippen molar-refractivity contribution in [3.05, 3.63) is 40.6 Å². The lowest BCUT2D eigenvalue weighted by molar-refractivity contribution is 0.618. The highest BCUT2D eigenvalue weighted by Gasteiger charge is 2.10. The van der Waals surface area contributed by atoms with Gasteiger partial charge in [0.2, 0.25) is 0 Å². The van der Waals surface area contributed by atoms with Gasteiger partial charge in [0.05, 0.1) is 18.1 Å². The first-order valence-corrected chi connectivity index (χ1v) is 5.45. The van der Waals surface area contributed by atoms with E-state index in [1.54, 1.807) is 11.3 Å². The van der Waals surface area contributed by atoms with Gasteiger partial charge in [0, 0.05) is 17.6 Å². The summed E-state index contributed by atoms with van der Waals surface area (Å²) in [5.74, 6) is 0. The summed E-state index contributed by atoms with van der Waals surface area (Å²) < 4.78 is 2.12. The topological polar surface area (TPSA) is 43.8 Å². The van der Waals surface area contributed by atoms with Crippen LogP contribution in [0.2, 0.25) is 0 Å². The molecule has 0 bridgehead atoms. The molecule has 0 aliphatic carbocycles. The summed E-state index contributed by atoms with van der Waals surface area (Å²) in [5.41, 5.74) is 6.70. The maximum Gasteiger partial charge on any atom is 0.0954 e. The number of nitrogens with zero attached hydrogens (tertiary/aromatic N) is 2. The van der Waals surface area contributed by atoms with Crippen LogP contribution in [-0.4, -0.2) is 9.55 Å². The lowest BCUT2D eigenvalue weighted by Crippen LogP contribution is -2.10. The van der Waals surface area contributed by atoms with Crippen LogP contribution in [0.5, 0.6) is 0 Å². The molecule has 74 valence electrons. The molecule has 2 rings (SSSR count). The predicted molar refractivity (Wildman–Crippen MR) is 58.3 cm³/mol. The van der Waals surface area contributed by atoms with Gasteiger partial charge >= 0.3 is 0 Å². The highest BCUT2D eigenvalue weighted by atomic mass is 32.1. The first kappa shape index (κ1) is 9.43. The summed E-state index contributed by atoms with van der Waals surface area (Å²) in [7, 11) is 0. The van der Waals surface area contributed by atoms with Gasteiger partial charge in [0.15, 0.2) is 0 Å². The van der Waals surface area contributed by atoms with Crippen LogP contribution in [-0.2, 0) is 6.54 Å². The normalized spacial score (nSPS) is 13.0. The van der Waals surface area contributed by atoms with E-state index in [0.717, 1.165) is 5.69 Å². The minimum Gasteiger partial charge on any atom is -0.325 e. The third-order valence-electron chi connectivity index (χ3n) is 2.33. The number of rotatable bonds is 3. The third-order valence-corrected chi connectivity index (χ3v) is 3.37. The fourth-order valence-electron chi connectivity index (χ4n) is 1.50. The van der Waals surface area contributed by atoms with Crippen molar-refractivity contribution in [2.24, 2.45) is 5.73 Å². The molecule has 2 N–H and O–H groups in total. The van der Waals surface area contributed by atoms with Gasteiger partial charge < -0.3 is 10.3 Å². The second-order valence-corrected chi connectivity index (χ2v) is 4.17. The molecule has 3 nitrogen and oxygen atoms in total. The molecular weight excluding hydrogens is 194 g/mol. The third kappa shape index (κ3) is 1.58. The lowest BCUT2D eigenvalue weighted by Gasteiger charge is -2.13. The number of aromatic nitrogens is 2. The van der Waals surface area contributed by atoms with Crippen molar-refractivity contribution >= 4 is 11.3 Å². The number of hydrogen-bond donors (Lipinski definition) is 1. The van der Waals surface area contributed by atoms with Crippen LogP contribution in [0.1, 0.15) is 23.5 Å². The van der Waals surface area contributed by atoms with Gasteiger partial charge in [0.1, 0.15) is 0 Å². The molecule has 0 amide bonds. The van der Waals surface area contributed by atoms with E-state index >= 15 is 0 Å². The van der Waals surface area contributed by atoms with E-state index in [1.807, 2.05) is 12.5 Å². The van der Waals surface area contributed by atoms with E-state index in [1.165, 1.54) is 4.88 Å². The molecule has 2 aromatic rings. The highest BCUT2D eigenvalue weighted by Crippen LogP contribution is 2.23. The maximum absolute atomic E-state index is 5.63. The average Bonchev–Trinajstić information content (AvgIpc) is 2.87. The minimum atomic E-state index is 0.330. The summed E-state index contributed by atoms with van der Waals surface area (Å²) in [6.07, 6.45) is 3.66. The van der Waals surface area contributed by atoms with E-state index in [9.17, 15) is 0 Å². The van der Waals surface area contributed by atoms with Gasteiger partial charge in [-0.25, -0.2) is 4.98 Å². The molecule has 0 spiro atoms. The Labute approximate surface area is 87.2 Å². The van der Waals surface area contributed by atoms with Crippen molar-refractivity contribution in [2.45, 2.75) is 19.5 Å². The van der Waals surface area contributed by atoms with Gasteiger partial charge in [-0.05, 0) is 18.4 Å². The smallest absolute Gasteiger partial charge is 0.0954 e. The van der Waals surface area contributed by atoms with E-state index < -0.39 is 0 Å². The largest absolute Gasteiger partial charge is 0.325 e. The number of thiophene rings is 1. The Bertz CT molecular complexity index is 391. The van der Waals surface area contributed by atoms with Crippen molar-refractivity contribution in [2.75, 3.05) is 0 Å². The quantitative estimate of drug-likeness (QED) is 0.836. The van der Waals surface area contributed by atoms with E-state index in [-0.39, 0.29) is 0 Å². The molecule has 4 heteroatoms. The SMILES string of the molecule is CC(c1cccs1)n1cncc1CN. The zero-order valence-electron chi connectivity index (χ0n) is 8.05. The Kier molecular flexibility index (Phi) is 2.65. The zero-order chi connectivity index (χ0) is 9.97. The first-order valence-electron chi connectivity index (χ1n) is 4.57. The second kappa shape index (κ2) is 3.94. The van der Waals surface area contributed by atoms with Crippen LogP contribution >= 0.6 is 11.3 Å². The van der Waals surface area contributed by atoms with Crippen LogP contribution in [0.3, 0.4) is 0 Å². The molecule has 1 unspecified atom stereocenters. The zero-order valence-corrected chi connectivity index (χ0v) is 8.87. The summed E-state index contributed by atoms with van der Waals surface area (Å²) in [6, 6.07) is 4.53. The van der Waals surface area contributed by atoms with Crippen molar-refractivity contribution in [1.82, 2.24) is 9.55 Å². The summed E-state index contributed by atoms with van der Waals surface area (Å²) in [6.45, 7) is 2.70. The van der Waals surface area contributed by atoms with Crippen LogP contribution in [0.4, 0.5) is 0 Å². The molecule has 0 fully saturated rings. The summed E-state index contributed by atoms with van der Waals surface area (Å²) in [4.78, 5) is 5.44. The van der Waals surface area contributed by atoms with Crippen LogP contribution in [0, 0.1) is 0 Å². The number of imidazole rings is 1. The molecular formula is C10H13N3S. The monoisotopic (exact) mass is 207 g/mol. The van der Waals surface area contributed by atoms with Crippen molar-refractivity contribution in [1.29, 1.82) is 0 Å². The molecule has 2 heterocycles. The van der Waals surface area contributed by atoms with Crippen LogP contribution < -0.4 is 5.73 Å². The Morgan fingerprint density at radius 2 is 2.50 bits per heavy atom. The van der Waals surface area contributed by atoms with Crippen molar-refractivity contribution in [3.8, 4) is 0 Å². The first-order chi connectivity index (χ1) is 6.83. The maximum atomic E-state index is 5.63. The molecule has 0 aliphatic heterocycles. The molecule has 0 saturated carbocycles. The fraction of sp³-hybridized carbons (Fsp3) is 0.300. The lowest BCUT2D eigenvalue weighted by atomic mass is 10.2. The molecule has 0 radical (unpaired) electrons. The molecule has 0 aromatic carbocycles. The second-order valence-electron chi connectivity index (χ2n) is 3.19. The van der Waals surface area contributed by atoms with Crippen LogP contribution in [0.15, 0.2) is 30.0 Å². The van der Waals surface area contributed by atoms with E-state index in [4.69, 9.17) is 5.73 Å². The Balaban J connectivity index is 2.31. The fourth-order valence-corrected chi connectivity index (χ4v) is 2.29. The Hall–Kier alpha value is -1.13. The van der Waals surface area contributed by atoms with Crippen LogP contribution in [0.25, 0.3) is 0 Å².